The molecule has 22 heavy (non-hydrogen) atoms. The van der Waals surface area contributed by atoms with Crippen LogP contribution in [0.2, 0.25) is 0 Å². The Morgan fingerprint density at radius 2 is 0.636 bits per heavy atom. The maximum Gasteiger partial charge on any atom is 0 e. The molecule has 0 atom stereocenters. The monoisotopic (exact) mass is 843 g/mol. The quantitative estimate of drug-likeness (QED) is 0.151. The Bertz CT molecular complexity index is 111. The maximum absolute atomic E-state index is 3.87. The Labute approximate surface area is 218 Å². The smallest absolute Gasteiger partial charge is 0 e. The Morgan fingerprint density at radius 1 is 0.409 bits per heavy atom. The molecule has 0 aromatic rings. The zero-order chi connectivity index (χ0) is 11.9. The van der Waals surface area contributed by atoms with Gasteiger partial charge >= 0.3 is 0 Å². The largest absolute Gasteiger partial charge is 0.0654 e. The summed E-state index contributed by atoms with van der Waals surface area (Å²) in [6, 6.07) is 0. The van der Waals surface area contributed by atoms with E-state index in [1.54, 1.807) is 0 Å². The van der Waals surface area contributed by atoms with Crippen molar-refractivity contribution in [3.8, 4) is 0 Å². The summed E-state index contributed by atoms with van der Waals surface area (Å²) in [5.41, 5.74) is 0. The molecule has 0 fully saturated rings. The fourth-order valence-electron chi connectivity index (χ4n) is 2.19. The van der Waals surface area contributed by atoms with E-state index < -0.39 is 0 Å². The molecule has 0 rings (SSSR count). The fourth-order valence-corrected chi connectivity index (χ4v) is 2.19. The first-order valence-electron chi connectivity index (χ1n) is 7.71. The Hall–Kier alpha value is 3.74. The zero-order valence-corrected chi connectivity index (χ0v) is 23.4. The van der Waals surface area contributed by atoms with E-state index >= 15 is 0 Å². The van der Waals surface area contributed by atoms with Gasteiger partial charge in [-0.05, 0) is 0 Å². The van der Waals surface area contributed by atoms with E-state index in [0.29, 0.717) is 0 Å². The second-order valence-electron chi connectivity index (χ2n) is 5.10. The van der Waals surface area contributed by atoms with Gasteiger partial charge in [0.2, 0.25) is 0 Å². The second kappa shape index (κ2) is 44.3. The third-order valence-electron chi connectivity index (χ3n) is 3.35. The van der Waals surface area contributed by atoms with E-state index in [9.17, 15) is 0 Å². The van der Waals surface area contributed by atoms with Gasteiger partial charge in [0, 0.05) is 117 Å². The molecule has 0 saturated heterocycles. The Kier molecular flexibility index (Phi) is 90.3. The first kappa shape index (κ1) is 44.9. The van der Waals surface area contributed by atoms with Crippen LogP contribution in [-0.4, -0.2) is 0 Å². The third kappa shape index (κ3) is 43.8. The van der Waals surface area contributed by atoms with Crippen molar-refractivity contribution in [2.75, 3.05) is 0 Å². The van der Waals surface area contributed by atoms with Crippen molar-refractivity contribution in [2.24, 2.45) is 0 Å². The topological polar surface area (TPSA) is 0 Å². The van der Waals surface area contributed by atoms with Crippen molar-refractivity contribution in [2.45, 2.75) is 96.8 Å². The van der Waals surface area contributed by atoms with Gasteiger partial charge in [-0.15, -0.1) is 0 Å². The SMILES string of the molecule is [CH2]CCCCCCCCCCCCCCC.[Rh].[Rh].[Rh].[Rh].[Rh].[Rh]. The van der Waals surface area contributed by atoms with Gasteiger partial charge in [0.05, 0.1) is 0 Å². The molecule has 0 aliphatic carbocycles. The summed E-state index contributed by atoms with van der Waals surface area (Å²) >= 11 is 0. The minimum Gasteiger partial charge on any atom is -0.0654 e. The molecular weight excluding hydrogens is 810 g/mol. The van der Waals surface area contributed by atoms with Gasteiger partial charge in [-0.3, -0.25) is 0 Å². The summed E-state index contributed by atoms with van der Waals surface area (Å²) in [7, 11) is 0. The fraction of sp³-hybridized carbons (Fsp3) is 0.938. The van der Waals surface area contributed by atoms with Gasteiger partial charge in [0.1, 0.15) is 0 Å². The summed E-state index contributed by atoms with van der Waals surface area (Å²) in [4.78, 5) is 0. The van der Waals surface area contributed by atoms with E-state index in [1.165, 1.54) is 83.5 Å². The molecule has 0 saturated carbocycles. The number of hydrogen-bond acceptors (Lipinski definition) is 0. The van der Waals surface area contributed by atoms with E-state index in [4.69, 9.17) is 0 Å². The molecule has 0 unspecified atom stereocenters. The average Bonchev–Trinajstić information content (AvgIpc) is 2.31. The summed E-state index contributed by atoms with van der Waals surface area (Å²) in [5, 5.41) is 0. The number of hydrogen-bond donors (Lipinski definition) is 0. The molecule has 0 aliphatic rings. The molecule has 0 bridgehead atoms. The average molecular weight is 843 g/mol. The van der Waals surface area contributed by atoms with Crippen molar-refractivity contribution in [1.82, 2.24) is 0 Å². The molecule has 0 aromatic carbocycles. The van der Waals surface area contributed by atoms with Gasteiger partial charge in [0.15, 0.2) is 0 Å². The van der Waals surface area contributed by atoms with Gasteiger partial charge in [-0.25, -0.2) is 0 Å². The number of rotatable bonds is 13. The van der Waals surface area contributed by atoms with Crippen LogP contribution in [0.4, 0.5) is 0 Å². The van der Waals surface area contributed by atoms with Crippen LogP contribution in [0.3, 0.4) is 0 Å². The van der Waals surface area contributed by atoms with Gasteiger partial charge in [0.25, 0.3) is 0 Å². The van der Waals surface area contributed by atoms with Crippen LogP contribution in [0.25, 0.3) is 0 Å². The van der Waals surface area contributed by atoms with Crippen molar-refractivity contribution in [3.63, 3.8) is 0 Å². The molecule has 7 radical (unpaired) electrons. The van der Waals surface area contributed by atoms with Gasteiger partial charge < -0.3 is 0 Å². The molecule has 0 spiro atoms. The first-order chi connectivity index (χ1) is 7.91. The van der Waals surface area contributed by atoms with Crippen molar-refractivity contribution < 1.29 is 117 Å². The minimum absolute atomic E-state index is 0. The molecule has 0 amide bonds. The summed E-state index contributed by atoms with van der Waals surface area (Å²) in [6.07, 6.45) is 19.8. The van der Waals surface area contributed by atoms with E-state index in [1.807, 2.05) is 0 Å². The van der Waals surface area contributed by atoms with Crippen LogP contribution < -0.4 is 0 Å². The van der Waals surface area contributed by atoms with Gasteiger partial charge in [-0.2, -0.15) is 0 Å². The predicted molar refractivity (Wildman–Crippen MR) is 75.7 cm³/mol. The van der Waals surface area contributed by atoms with Crippen molar-refractivity contribution in [1.29, 1.82) is 0 Å². The molecule has 151 valence electrons. The van der Waals surface area contributed by atoms with E-state index in [-0.39, 0.29) is 117 Å². The van der Waals surface area contributed by atoms with Crippen molar-refractivity contribution in [3.05, 3.63) is 6.92 Å². The zero-order valence-electron chi connectivity index (χ0n) is 13.6. The van der Waals surface area contributed by atoms with Gasteiger partial charge in [-0.1, -0.05) is 104 Å². The minimum atomic E-state index is 0. The molecule has 6 heteroatoms. The van der Waals surface area contributed by atoms with E-state index in [0.717, 1.165) is 6.42 Å². The van der Waals surface area contributed by atoms with Crippen LogP contribution in [0.5, 0.6) is 0 Å². The molecule has 0 aliphatic heterocycles. The maximum atomic E-state index is 3.87. The summed E-state index contributed by atoms with van der Waals surface area (Å²) < 4.78 is 0. The Balaban J connectivity index is -0.0000000750. The summed E-state index contributed by atoms with van der Waals surface area (Å²) in [5.74, 6) is 0. The normalized spacial score (nSPS) is 7.91. The third-order valence-corrected chi connectivity index (χ3v) is 3.35. The second-order valence-corrected chi connectivity index (χ2v) is 5.10. The van der Waals surface area contributed by atoms with Crippen LogP contribution in [0.1, 0.15) is 96.8 Å². The molecule has 0 heterocycles. The first-order valence-corrected chi connectivity index (χ1v) is 7.71. The van der Waals surface area contributed by atoms with Crippen molar-refractivity contribution >= 4 is 0 Å². The Morgan fingerprint density at radius 3 is 0.864 bits per heavy atom. The predicted octanol–water partition coefficient (Wildman–Crippen LogP) is 6.29. The standard InChI is InChI=1S/C16H33.6Rh/c1-3-5-7-9-11-13-15-16-14-12-10-8-6-4-2;;;;;;/h1,3-16H2,2H3;;;;;;. The number of unbranched alkanes of at least 4 members (excludes halogenated alkanes) is 13. The molecule has 0 aromatic heterocycles. The molecule has 0 nitrogen and oxygen atoms in total. The van der Waals surface area contributed by atoms with Crippen LogP contribution >= 0.6 is 0 Å². The molecule has 0 N–H and O–H groups in total. The van der Waals surface area contributed by atoms with Crippen LogP contribution in [0, 0.1) is 6.92 Å². The molecular formula is C16H33Rh6. The van der Waals surface area contributed by atoms with Crippen LogP contribution in [-0.2, 0) is 117 Å². The van der Waals surface area contributed by atoms with E-state index in [2.05, 4.69) is 13.8 Å². The summed E-state index contributed by atoms with van der Waals surface area (Å²) in [6.45, 7) is 6.16. The van der Waals surface area contributed by atoms with Crippen LogP contribution in [0.15, 0.2) is 0 Å².